The van der Waals surface area contributed by atoms with E-state index in [0.717, 1.165) is 58.7 Å². The van der Waals surface area contributed by atoms with Gasteiger partial charge in [0.1, 0.15) is 0 Å². The number of hydrogen-bond donors (Lipinski definition) is 0. The van der Waals surface area contributed by atoms with Gasteiger partial charge in [-0.15, -0.1) is 8.58 Å². The normalized spacial score (nSPS) is 45.4. The molecule has 0 heterocycles. The molecule has 1 heteroatoms. The maximum absolute atomic E-state index is 2.69. The molecule has 34 heavy (non-hydrogen) atoms. The molecule has 0 N–H and O–H groups in total. The molecule has 194 valence electrons. The largest absolute Gasteiger partial charge is 0.116 e. The van der Waals surface area contributed by atoms with Crippen molar-refractivity contribution in [3.05, 3.63) is 12.2 Å². The van der Waals surface area contributed by atoms with E-state index in [1.54, 1.807) is 77.0 Å². The molecule has 0 amide bonds. The monoisotopic (exact) mass is 484 g/mol. The summed E-state index contributed by atoms with van der Waals surface area (Å²) in [7, 11) is 1.30. The van der Waals surface area contributed by atoms with Crippen LogP contribution in [0.5, 0.6) is 0 Å². The average molecular weight is 485 g/mol. The molecule has 5 rings (SSSR count). The molecule has 4 fully saturated rings. The van der Waals surface area contributed by atoms with Crippen LogP contribution in [0.3, 0.4) is 0 Å². The third-order valence-electron chi connectivity index (χ3n) is 11.5. The zero-order valence-electron chi connectivity index (χ0n) is 22.9. The fraction of sp³-hybridized carbons (Fsp3) is 0.939. The average Bonchev–Trinajstić information content (AvgIpc) is 2.86. The van der Waals surface area contributed by atoms with Crippen LogP contribution in [0.4, 0.5) is 0 Å². The Bertz CT molecular complexity index is 622. The molecule has 4 saturated carbocycles. The highest BCUT2D eigenvalue weighted by Crippen LogP contribution is 2.51. The lowest BCUT2D eigenvalue weighted by molar-refractivity contribution is 0.0612. The van der Waals surface area contributed by atoms with Crippen LogP contribution in [-0.4, -0.2) is 11.3 Å². The lowest BCUT2D eigenvalue weighted by Gasteiger charge is -2.46. The second-order valence-electron chi connectivity index (χ2n) is 14.1. The van der Waals surface area contributed by atoms with Crippen molar-refractivity contribution in [2.45, 2.75) is 147 Å². The van der Waals surface area contributed by atoms with E-state index < -0.39 is 0 Å². The molecule has 5 aliphatic rings. The number of allylic oxidation sites excluding steroid dienone is 2. The van der Waals surface area contributed by atoms with Gasteiger partial charge in [-0.2, -0.15) is 0 Å². The zero-order valence-corrected chi connectivity index (χ0v) is 23.9. The second-order valence-corrected chi connectivity index (χ2v) is 16.0. The summed E-state index contributed by atoms with van der Waals surface area (Å²) in [6.07, 6.45) is 34.4. The van der Waals surface area contributed by atoms with Gasteiger partial charge in [-0.25, -0.2) is 0 Å². The van der Waals surface area contributed by atoms with Crippen LogP contribution >= 0.6 is 8.58 Å². The summed E-state index contributed by atoms with van der Waals surface area (Å²) in [4.78, 5) is 0. The van der Waals surface area contributed by atoms with Gasteiger partial charge in [0.25, 0.3) is 0 Å². The molecule has 0 aromatic rings. The number of rotatable bonds is 6. The maximum atomic E-state index is 2.69. The molecule has 0 nitrogen and oxygen atoms in total. The van der Waals surface area contributed by atoms with Crippen molar-refractivity contribution in [2.24, 2.45) is 47.3 Å². The summed E-state index contributed by atoms with van der Waals surface area (Å²) < 4.78 is 0. The highest BCUT2D eigenvalue weighted by molar-refractivity contribution is 7.39. The van der Waals surface area contributed by atoms with Crippen molar-refractivity contribution in [1.29, 1.82) is 0 Å². The van der Waals surface area contributed by atoms with Gasteiger partial charge >= 0.3 is 0 Å². The van der Waals surface area contributed by atoms with Crippen LogP contribution in [0.1, 0.15) is 136 Å². The Balaban J connectivity index is 1.11. The van der Waals surface area contributed by atoms with Gasteiger partial charge in [0.2, 0.25) is 0 Å². The van der Waals surface area contributed by atoms with Gasteiger partial charge in [0, 0.05) is 0 Å². The van der Waals surface area contributed by atoms with Crippen molar-refractivity contribution in [2.75, 3.05) is 0 Å². The quantitative estimate of drug-likeness (QED) is 0.260. The lowest BCUT2D eigenvalue weighted by Crippen LogP contribution is -2.36. The smallest absolute Gasteiger partial charge is 0.0200 e. The Hall–Kier alpha value is 0.170. The minimum absolute atomic E-state index is 0.921. The summed E-state index contributed by atoms with van der Waals surface area (Å²) >= 11 is 0. The summed E-state index contributed by atoms with van der Waals surface area (Å²) in [5, 5.41) is 0. The highest BCUT2D eigenvalue weighted by Gasteiger charge is 2.40. The van der Waals surface area contributed by atoms with E-state index in [9.17, 15) is 0 Å². The molecule has 0 aromatic carbocycles. The summed E-state index contributed by atoms with van der Waals surface area (Å²) in [6.45, 7) is 5.05. The Kier molecular flexibility index (Phi) is 9.57. The van der Waals surface area contributed by atoms with Gasteiger partial charge in [-0.05, 0) is 149 Å². The fourth-order valence-corrected chi connectivity index (χ4v) is 12.0. The molecule has 7 unspecified atom stereocenters. The summed E-state index contributed by atoms with van der Waals surface area (Å²) in [6, 6.07) is 0. The Morgan fingerprint density at radius 1 is 0.588 bits per heavy atom. The van der Waals surface area contributed by atoms with Crippen LogP contribution in [0.25, 0.3) is 0 Å². The van der Waals surface area contributed by atoms with Gasteiger partial charge < -0.3 is 0 Å². The first-order valence-electron chi connectivity index (χ1n) is 16.1. The minimum atomic E-state index is 0.921. The molecule has 0 radical (unpaired) electrons. The van der Waals surface area contributed by atoms with Crippen molar-refractivity contribution >= 4 is 8.58 Å². The fourth-order valence-electron chi connectivity index (χ4n) is 9.75. The molecule has 7 atom stereocenters. The molecular formula is C33H57P. The Morgan fingerprint density at radius 2 is 1.26 bits per heavy atom. The predicted molar refractivity (Wildman–Crippen MR) is 152 cm³/mol. The first-order valence-corrected chi connectivity index (χ1v) is 17.2. The van der Waals surface area contributed by atoms with E-state index in [2.05, 4.69) is 26.0 Å². The van der Waals surface area contributed by atoms with Crippen molar-refractivity contribution in [3.63, 3.8) is 0 Å². The molecule has 0 bridgehead atoms. The van der Waals surface area contributed by atoms with E-state index in [1.807, 2.05) is 0 Å². The topological polar surface area (TPSA) is 0 Å². The van der Waals surface area contributed by atoms with E-state index in [1.165, 1.54) is 53.5 Å². The van der Waals surface area contributed by atoms with E-state index in [4.69, 9.17) is 0 Å². The van der Waals surface area contributed by atoms with E-state index >= 15 is 0 Å². The third kappa shape index (κ3) is 6.73. The second kappa shape index (κ2) is 12.6. The van der Waals surface area contributed by atoms with Gasteiger partial charge in [-0.1, -0.05) is 58.1 Å². The summed E-state index contributed by atoms with van der Waals surface area (Å²) in [5.74, 6) is 8.21. The Morgan fingerprint density at radius 3 is 1.91 bits per heavy atom. The van der Waals surface area contributed by atoms with Crippen LogP contribution < -0.4 is 0 Å². The van der Waals surface area contributed by atoms with Gasteiger partial charge in [0.15, 0.2) is 0 Å². The maximum Gasteiger partial charge on any atom is -0.0200 e. The van der Waals surface area contributed by atoms with E-state index in [-0.39, 0.29) is 0 Å². The van der Waals surface area contributed by atoms with Crippen LogP contribution in [0, 0.1) is 47.3 Å². The number of hydrogen-bond acceptors (Lipinski definition) is 0. The van der Waals surface area contributed by atoms with Crippen LogP contribution in [0.2, 0.25) is 0 Å². The molecular weight excluding hydrogens is 427 g/mol. The molecule has 0 aromatic heterocycles. The zero-order chi connectivity index (χ0) is 23.3. The highest BCUT2D eigenvalue weighted by atomic mass is 31.1. The van der Waals surface area contributed by atoms with Crippen LogP contribution in [0.15, 0.2) is 12.2 Å². The third-order valence-corrected chi connectivity index (χ3v) is 13.6. The first-order chi connectivity index (χ1) is 16.7. The van der Waals surface area contributed by atoms with Gasteiger partial charge in [-0.3, -0.25) is 0 Å². The minimum Gasteiger partial charge on any atom is -0.116 e. The summed E-state index contributed by atoms with van der Waals surface area (Å²) in [5.41, 5.74) is 2.22. The Labute approximate surface area is 215 Å². The molecule has 0 saturated heterocycles. The lowest BCUT2D eigenvalue weighted by atomic mass is 9.60. The van der Waals surface area contributed by atoms with Crippen molar-refractivity contribution < 1.29 is 0 Å². The first kappa shape index (κ1) is 25.8. The van der Waals surface area contributed by atoms with Crippen molar-refractivity contribution in [1.82, 2.24) is 0 Å². The van der Waals surface area contributed by atoms with Crippen molar-refractivity contribution in [3.8, 4) is 0 Å². The molecule has 0 spiro atoms. The SMILES string of the molecule is CC1CCCC(PC2CCC(C3CCC(C(C4C=CCCC4)C4CCCC(C)C4)CC3)CC2)C1. The van der Waals surface area contributed by atoms with E-state index in [0.29, 0.717) is 0 Å². The van der Waals surface area contributed by atoms with Gasteiger partial charge in [0.05, 0.1) is 0 Å². The molecule has 0 aliphatic heterocycles. The standard InChI is InChI=1S/C33H57P/c1-24-8-6-12-30(22-24)33(28-10-4-3-5-11-28)29-16-14-26(15-17-29)27-18-20-31(21-19-27)34-32-13-7-9-25(2)23-32/h4,10,24-34H,3,5-9,11-23H2,1-2H3. The van der Waals surface area contributed by atoms with Crippen LogP contribution in [-0.2, 0) is 0 Å². The predicted octanol–water partition coefficient (Wildman–Crippen LogP) is 10.4. The molecule has 5 aliphatic carbocycles.